The van der Waals surface area contributed by atoms with Crippen LogP contribution in [0.5, 0.6) is 0 Å². The lowest BCUT2D eigenvalue weighted by atomic mass is 10.3. The summed E-state index contributed by atoms with van der Waals surface area (Å²) in [5.41, 5.74) is 1.02. The minimum Gasteiger partial charge on any atom is -0.265 e. The van der Waals surface area contributed by atoms with Gasteiger partial charge in [-0.25, -0.2) is 8.42 Å². The zero-order valence-electron chi connectivity index (χ0n) is 6.25. The first-order valence-electron chi connectivity index (χ1n) is 3.34. The standard InChI is InChI=1S/C6H4ClNO2P2S/c7-13(9,10)6-3-1-5(2-4-6)8-11-12-8/h1-4H. The molecule has 1 aliphatic heterocycles. The predicted molar refractivity (Wildman–Crippen MR) is 55.8 cm³/mol. The summed E-state index contributed by atoms with van der Waals surface area (Å²) in [6.45, 7) is 0. The Labute approximate surface area is 83.7 Å². The van der Waals surface area contributed by atoms with Crippen LogP contribution in [0.15, 0.2) is 29.2 Å². The molecule has 2 rings (SSSR count). The average Bonchev–Trinajstić information content (AvgIpc) is 2.85. The second-order valence-electron chi connectivity index (χ2n) is 2.40. The van der Waals surface area contributed by atoms with Gasteiger partial charge in [0.05, 0.1) is 26.6 Å². The first-order valence-corrected chi connectivity index (χ1v) is 8.05. The molecule has 0 bridgehead atoms. The van der Waals surface area contributed by atoms with Crippen molar-refractivity contribution >= 4 is 41.5 Å². The molecular formula is C6H4ClNO2P2S. The molecule has 0 radical (unpaired) electrons. The van der Waals surface area contributed by atoms with E-state index in [9.17, 15) is 8.42 Å². The van der Waals surface area contributed by atoms with E-state index in [0.29, 0.717) is 0 Å². The van der Waals surface area contributed by atoms with Gasteiger partial charge in [-0.3, -0.25) is 4.44 Å². The van der Waals surface area contributed by atoms with E-state index in [4.69, 9.17) is 10.7 Å². The molecule has 1 aromatic rings. The van der Waals surface area contributed by atoms with E-state index >= 15 is 0 Å². The van der Waals surface area contributed by atoms with Crippen LogP contribution in [0.3, 0.4) is 0 Å². The third kappa shape index (κ3) is 2.21. The topological polar surface area (TPSA) is 37.1 Å². The van der Waals surface area contributed by atoms with Crippen LogP contribution in [-0.2, 0) is 9.05 Å². The summed E-state index contributed by atoms with van der Waals surface area (Å²) in [7, 11) is 4.05. The number of hydrogen-bond acceptors (Lipinski definition) is 3. The number of benzene rings is 1. The third-order valence-corrected chi connectivity index (χ3v) is 4.79. The maximum atomic E-state index is 10.9. The molecule has 0 fully saturated rings. The minimum atomic E-state index is -3.58. The second-order valence-corrected chi connectivity index (χ2v) is 7.51. The molecule has 68 valence electrons. The SMILES string of the molecule is O=S(=O)(Cl)c1ccc(N2P=P2)cc1. The highest BCUT2D eigenvalue weighted by molar-refractivity contribution is 8.13. The lowest BCUT2D eigenvalue weighted by Gasteiger charge is -2.00. The van der Waals surface area contributed by atoms with E-state index in [2.05, 4.69) is 4.44 Å². The highest BCUT2D eigenvalue weighted by Gasteiger charge is 2.14. The molecule has 0 saturated carbocycles. The molecule has 0 aliphatic carbocycles. The van der Waals surface area contributed by atoms with E-state index < -0.39 is 9.05 Å². The van der Waals surface area contributed by atoms with Crippen molar-refractivity contribution in [2.75, 3.05) is 4.44 Å². The van der Waals surface area contributed by atoms with E-state index in [-0.39, 0.29) is 4.90 Å². The maximum Gasteiger partial charge on any atom is 0.261 e. The van der Waals surface area contributed by atoms with Crippen LogP contribution in [0.2, 0.25) is 0 Å². The van der Waals surface area contributed by atoms with Gasteiger partial charge in [0.15, 0.2) is 0 Å². The molecule has 0 unspecified atom stereocenters. The van der Waals surface area contributed by atoms with Crippen molar-refractivity contribution in [3.8, 4) is 0 Å². The van der Waals surface area contributed by atoms with Crippen molar-refractivity contribution in [3.63, 3.8) is 0 Å². The van der Waals surface area contributed by atoms with Crippen LogP contribution < -0.4 is 4.44 Å². The van der Waals surface area contributed by atoms with Gasteiger partial charge in [-0.1, -0.05) is 0 Å². The summed E-state index contributed by atoms with van der Waals surface area (Å²) in [5.74, 6) is 0. The van der Waals surface area contributed by atoms with Gasteiger partial charge in [0.25, 0.3) is 9.05 Å². The van der Waals surface area contributed by atoms with Crippen LogP contribution in [0.4, 0.5) is 5.69 Å². The molecule has 1 heterocycles. The lowest BCUT2D eigenvalue weighted by Crippen LogP contribution is -1.90. The Bertz CT molecular complexity index is 450. The molecule has 13 heavy (non-hydrogen) atoms. The largest absolute Gasteiger partial charge is 0.265 e. The van der Waals surface area contributed by atoms with Crippen molar-refractivity contribution in [1.82, 2.24) is 0 Å². The van der Waals surface area contributed by atoms with Crippen molar-refractivity contribution in [2.24, 2.45) is 0 Å². The first kappa shape index (κ1) is 9.42. The van der Waals surface area contributed by atoms with Gasteiger partial charge in [0.2, 0.25) is 0 Å². The predicted octanol–water partition coefficient (Wildman–Crippen LogP) is 3.07. The number of hydrogen-bond donors (Lipinski definition) is 0. The average molecular weight is 252 g/mol. The van der Waals surface area contributed by atoms with Crippen molar-refractivity contribution in [1.29, 1.82) is 0 Å². The number of halogens is 1. The molecule has 0 spiro atoms. The van der Waals surface area contributed by atoms with E-state index in [1.807, 2.05) is 0 Å². The summed E-state index contributed by atoms with van der Waals surface area (Å²) in [6.07, 6.45) is 0. The normalized spacial score (nSPS) is 17.2. The number of anilines is 1. The van der Waals surface area contributed by atoms with Crippen molar-refractivity contribution < 1.29 is 8.42 Å². The summed E-state index contributed by atoms with van der Waals surface area (Å²) in [6, 6.07) is 6.53. The molecule has 1 aromatic carbocycles. The number of rotatable bonds is 2. The maximum absolute atomic E-state index is 10.9. The van der Waals surface area contributed by atoms with E-state index in [1.54, 1.807) is 12.1 Å². The summed E-state index contributed by atoms with van der Waals surface area (Å²) < 4.78 is 23.8. The lowest BCUT2D eigenvalue weighted by molar-refractivity contribution is 0.609. The molecular weight excluding hydrogens is 248 g/mol. The van der Waals surface area contributed by atoms with Gasteiger partial charge in [-0.05, 0) is 24.3 Å². The molecule has 1 aliphatic rings. The highest BCUT2D eigenvalue weighted by Crippen LogP contribution is 2.49. The Morgan fingerprint density at radius 2 is 1.69 bits per heavy atom. The van der Waals surface area contributed by atoms with Crippen LogP contribution in [-0.4, -0.2) is 8.42 Å². The zero-order valence-corrected chi connectivity index (χ0v) is 9.62. The Morgan fingerprint density at radius 3 is 2.08 bits per heavy atom. The van der Waals surface area contributed by atoms with E-state index in [0.717, 1.165) is 5.69 Å². The summed E-state index contributed by atoms with van der Waals surface area (Å²) in [5, 5.41) is 0. The minimum absolute atomic E-state index is 0.146. The van der Waals surface area contributed by atoms with E-state index in [1.165, 1.54) is 28.2 Å². The van der Waals surface area contributed by atoms with Gasteiger partial charge in [-0.2, -0.15) is 0 Å². The monoisotopic (exact) mass is 251 g/mol. The summed E-state index contributed by atoms with van der Waals surface area (Å²) in [4.78, 5) is 0.146. The highest BCUT2D eigenvalue weighted by atomic mass is 35.7. The first-order chi connectivity index (χ1) is 6.07. The van der Waals surface area contributed by atoms with Gasteiger partial charge in [0.1, 0.15) is 0 Å². The van der Waals surface area contributed by atoms with Crippen LogP contribution in [0.25, 0.3) is 0 Å². The van der Waals surface area contributed by atoms with Gasteiger partial charge >= 0.3 is 0 Å². The molecule has 0 saturated heterocycles. The summed E-state index contributed by atoms with van der Waals surface area (Å²) >= 11 is 0. The Kier molecular flexibility index (Phi) is 2.33. The molecule has 7 heteroatoms. The van der Waals surface area contributed by atoms with Crippen LogP contribution in [0, 0.1) is 0 Å². The number of nitrogens with zero attached hydrogens (tertiary/aromatic N) is 1. The zero-order chi connectivity index (χ0) is 9.47. The fourth-order valence-electron chi connectivity index (χ4n) is 0.865. The van der Waals surface area contributed by atoms with Crippen LogP contribution >= 0.6 is 26.7 Å². The molecule has 0 amide bonds. The Morgan fingerprint density at radius 1 is 1.15 bits per heavy atom. The van der Waals surface area contributed by atoms with Gasteiger partial charge < -0.3 is 0 Å². The second kappa shape index (κ2) is 3.21. The quantitative estimate of drug-likeness (QED) is 0.599. The van der Waals surface area contributed by atoms with Crippen molar-refractivity contribution in [3.05, 3.63) is 24.3 Å². The van der Waals surface area contributed by atoms with Crippen LogP contribution in [0.1, 0.15) is 0 Å². The molecule has 0 atom stereocenters. The fourth-order valence-corrected chi connectivity index (χ4v) is 2.89. The van der Waals surface area contributed by atoms with Gasteiger partial charge in [0, 0.05) is 10.7 Å². The molecule has 0 N–H and O–H groups in total. The fraction of sp³-hybridized carbons (Fsp3) is 0. The Hall–Kier alpha value is -0.140. The van der Waals surface area contributed by atoms with Gasteiger partial charge in [-0.15, -0.1) is 0 Å². The Balaban J connectivity index is 2.33. The van der Waals surface area contributed by atoms with Crippen molar-refractivity contribution in [2.45, 2.75) is 4.90 Å². The smallest absolute Gasteiger partial charge is 0.261 e. The third-order valence-electron chi connectivity index (χ3n) is 1.53. The molecule has 0 aromatic heterocycles. The molecule has 3 nitrogen and oxygen atoms in total.